The number of aromatic nitrogens is 1. The molecule has 2 aliphatic rings. The van der Waals surface area contributed by atoms with Crippen molar-refractivity contribution in [2.75, 3.05) is 20.9 Å². The summed E-state index contributed by atoms with van der Waals surface area (Å²) in [6.07, 6.45) is 2.41. The van der Waals surface area contributed by atoms with Gasteiger partial charge in [-0.05, 0) is 53.8 Å². The molecule has 6 heteroatoms. The lowest BCUT2D eigenvalue weighted by Crippen LogP contribution is -2.25. The average Bonchev–Trinajstić information content (AvgIpc) is 3.32. The fourth-order valence-corrected chi connectivity index (χ4v) is 4.94. The van der Waals surface area contributed by atoms with Gasteiger partial charge < -0.3 is 19.4 Å². The lowest BCUT2D eigenvalue weighted by molar-refractivity contribution is -0.128. The molecule has 2 aromatic carbocycles. The van der Waals surface area contributed by atoms with E-state index in [0.717, 1.165) is 57.6 Å². The first kappa shape index (κ1) is 22.5. The Morgan fingerprint density at radius 1 is 1.03 bits per heavy atom. The van der Waals surface area contributed by atoms with Crippen LogP contribution in [0.5, 0.6) is 11.5 Å². The van der Waals surface area contributed by atoms with Gasteiger partial charge in [0.05, 0.1) is 11.8 Å². The third-order valence-corrected chi connectivity index (χ3v) is 7.12. The van der Waals surface area contributed by atoms with Gasteiger partial charge in [0, 0.05) is 44.0 Å². The number of nitrogens with zero attached hydrogens (tertiary/aromatic N) is 1. The number of hydrogen-bond donors (Lipinski definition) is 1. The van der Waals surface area contributed by atoms with E-state index in [9.17, 15) is 9.59 Å². The molecule has 0 radical (unpaired) electrons. The molecule has 3 aromatic rings. The van der Waals surface area contributed by atoms with Gasteiger partial charge in [0.15, 0.2) is 11.5 Å². The van der Waals surface area contributed by atoms with Gasteiger partial charge in [0.25, 0.3) is 0 Å². The minimum atomic E-state index is -0.436. The van der Waals surface area contributed by atoms with Crippen LogP contribution in [0.2, 0.25) is 0 Å². The van der Waals surface area contributed by atoms with E-state index in [0.29, 0.717) is 12.8 Å². The standard InChI is InChI=1S/C28H32N2O4.H2/c1-27(2,3)26-20(15-25(32)30(4)5)19-12-17(6-8-21(19)29-26)13-24(31)28(10-11-28)18-7-9-22-23(14-18)34-16-33-22;/h6-9,12,14,29H,10-11,13,15-16H2,1-5H3;1H. The number of ether oxygens (including phenoxy) is 2. The first-order valence-corrected chi connectivity index (χ1v) is 11.9. The number of nitrogens with one attached hydrogen (secondary N) is 1. The maximum atomic E-state index is 13.5. The fraction of sp³-hybridized carbons (Fsp3) is 0.429. The Morgan fingerprint density at radius 2 is 1.76 bits per heavy atom. The zero-order valence-electron chi connectivity index (χ0n) is 20.6. The molecule has 0 spiro atoms. The molecule has 0 unspecified atom stereocenters. The van der Waals surface area contributed by atoms with Crippen LogP contribution in [-0.4, -0.2) is 42.5 Å². The summed E-state index contributed by atoms with van der Waals surface area (Å²) >= 11 is 0. The number of carbonyl (C=O) groups excluding carboxylic acids is 2. The Kier molecular flexibility index (Phi) is 5.23. The lowest BCUT2D eigenvalue weighted by Gasteiger charge is -2.20. The summed E-state index contributed by atoms with van der Waals surface area (Å²) in [6.45, 7) is 6.67. The molecule has 1 aliphatic carbocycles. The third-order valence-electron chi connectivity index (χ3n) is 7.12. The van der Waals surface area contributed by atoms with Crippen molar-refractivity contribution in [1.82, 2.24) is 9.88 Å². The highest BCUT2D eigenvalue weighted by atomic mass is 16.7. The SMILES string of the molecule is CN(C)C(=O)Cc1c(C(C)(C)C)[nH]c2ccc(CC(=O)C3(c4ccc5c(c4)OCO5)CC3)cc12.[HH]. The van der Waals surface area contributed by atoms with E-state index in [-0.39, 0.29) is 25.3 Å². The number of amides is 1. The maximum absolute atomic E-state index is 13.5. The van der Waals surface area contributed by atoms with Crippen LogP contribution in [0.3, 0.4) is 0 Å². The first-order chi connectivity index (χ1) is 16.1. The molecule has 0 bridgehead atoms. The predicted octanol–water partition coefficient (Wildman–Crippen LogP) is 4.91. The molecule has 1 N–H and O–H groups in total. The van der Waals surface area contributed by atoms with Crippen molar-refractivity contribution in [3.8, 4) is 11.5 Å². The van der Waals surface area contributed by atoms with E-state index in [1.165, 1.54) is 0 Å². The van der Waals surface area contributed by atoms with E-state index in [4.69, 9.17) is 9.47 Å². The molecule has 0 atom stereocenters. The number of likely N-dealkylation sites (N-methyl/N-ethyl adjacent to an activating group) is 1. The summed E-state index contributed by atoms with van der Waals surface area (Å²) in [7, 11) is 3.56. The Morgan fingerprint density at radius 3 is 2.44 bits per heavy atom. The number of Topliss-reactive ketones (excluding diaryl/α,β-unsaturated/α-hetero) is 1. The highest BCUT2D eigenvalue weighted by Gasteiger charge is 2.50. The quantitative estimate of drug-likeness (QED) is 0.565. The highest BCUT2D eigenvalue weighted by molar-refractivity contribution is 5.96. The number of ketones is 1. The van der Waals surface area contributed by atoms with Crippen LogP contribution in [0.1, 0.15) is 57.4 Å². The molecule has 5 rings (SSSR count). The second kappa shape index (κ2) is 7.90. The Labute approximate surface area is 201 Å². The van der Waals surface area contributed by atoms with Gasteiger partial charge in [0.1, 0.15) is 5.78 Å². The van der Waals surface area contributed by atoms with Crippen LogP contribution in [0, 0.1) is 0 Å². The molecule has 1 saturated carbocycles. The summed E-state index contributed by atoms with van der Waals surface area (Å²) in [5.74, 6) is 1.74. The molecule has 1 aliphatic heterocycles. The largest absolute Gasteiger partial charge is 0.454 e. The average molecular weight is 463 g/mol. The molecule has 1 aromatic heterocycles. The minimum Gasteiger partial charge on any atom is -0.454 e. The highest BCUT2D eigenvalue weighted by Crippen LogP contribution is 2.51. The minimum absolute atomic E-state index is 0. The van der Waals surface area contributed by atoms with Crippen LogP contribution in [0.4, 0.5) is 0 Å². The van der Waals surface area contributed by atoms with Crippen molar-refractivity contribution in [3.05, 3.63) is 58.8 Å². The topological polar surface area (TPSA) is 71.6 Å². The third kappa shape index (κ3) is 3.85. The Balaban J connectivity index is 0.00000289. The van der Waals surface area contributed by atoms with E-state index >= 15 is 0 Å². The van der Waals surface area contributed by atoms with Crippen LogP contribution >= 0.6 is 0 Å². The summed E-state index contributed by atoms with van der Waals surface area (Å²) in [4.78, 5) is 31.3. The second-order valence-corrected chi connectivity index (χ2v) is 10.8. The zero-order chi connectivity index (χ0) is 24.3. The number of fused-ring (bicyclic) bond motifs is 2. The van der Waals surface area contributed by atoms with Gasteiger partial charge in [-0.3, -0.25) is 9.59 Å². The van der Waals surface area contributed by atoms with Crippen LogP contribution in [0.25, 0.3) is 10.9 Å². The van der Waals surface area contributed by atoms with Crippen LogP contribution < -0.4 is 9.47 Å². The van der Waals surface area contributed by atoms with Gasteiger partial charge in [-0.15, -0.1) is 0 Å². The van der Waals surface area contributed by atoms with Crippen molar-refractivity contribution < 1.29 is 20.5 Å². The molecular formula is C28H34N2O4. The van der Waals surface area contributed by atoms with Gasteiger partial charge in [-0.25, -0.2) is 0 Å². The van der Waals surface area contributed by atoms with Gasteiger partial charge >= 0.3 is 0 Å². The monoisotopic (exact) mass is 462 g/mol. The Bertz CT molecular complexity index is 1300. The van der Waals surface area contributed by atoms with E-state index < -0.39 is 5.41 Å². The lowest BCUT2D eigenvalue weighted by atomic mass is 9.86. The molecule has 34 heavy (non-hydrogen) atoms. The maximum Gasteiger partial charge on any atom is 0.231 e. The molecule has 180 valence electrons. The van der Waals surface area contributed by atoms with Crippen molar-refractivity contribution in [3.63, 3.8) is 0 Å². The Hall–Kier alpha value is -3.28. The van der Waals surface area contributed by atoms with Gasteiger partial charge in [-0.1, -0.05) is 32.9 Å². The van der Waals surface area contributed by atoms with E-state index in [1.807, 2.05) is 30.3 Å². The van der Waals surface area contributed by atoms with E-state index in [1.54, 1.807) is 19.0 Å². The van der Waals surface area contributed by atoms with Crippen LogP contribution in [-0.2, 0) is 33.3 Å². The number of rotatable bonds is 6. The molecule has 2 heterocycles. The molecule has 1 fully saturated rings. The van der Waals surface area contributed by atoms with Crippen LogP contribution in [0.15, 0.2) is 36.4 Å². The predicted molar refractivity (Wildman–Crippen MR) is 134 cm³/mol. The number of hydrogen-bond acceptors (Lipinski definition) is 4. The summed E-state index contributed by atoms with van der Waals surface area (Å²) < 4.78 is 11.0. The number of benzene rings is 2. The van der Waals surface area contributed by atoms with Crippen molar-refractivity contribution in [1.29, 1.82) is 0 Å². The second-order valence-electron chi connectivity index (χ2n) is 10.8. The number of carbonyl (C=O) groups is 2. The molecule has 1 amide bonds. The summed E-state index contributed by atoms with van der Waals surface area (Å²) in [6, 6.07) is 12.0. The van der Waals surface area contributed by atoms with Gasteiger partial charge in [0.2, 0.25) is 12.7 Å². The van der Waals surface area contributed by atoms with Crippen molar-refractivity contribution in [2.45, 2.75) is 57.3 Å². The summed E-state index contributed by atoms with van der Waals surface area (Å²) in [5, 5.41) is 1.03. The van der Waals surface area contributed by atoms with Gasteiger partial charge in [-0.2, -0.15) is 0 Å². The summed E-state index contributed by atoms with van der Waals surface area (Å²) in [5.41, 5.74) is 4.51. The normalized spacial score (nSPS) is 16.0. The number of aromatic amines is 1. The van der Waals surface area contributed by atoms with E-state index in [2.05, 4.69) is 31.8 Å². The molecule has 0 saturated heterocycles. The smallest absolute Gasteiger partial charge is 0.231 e. The zero-order valence-corrected chi connectivity index (χ0v) is 20.6. The number of H-pyrrole nitrogens is 1. The fourth-order valence-electron chi connectivity index (χ4n) is 4.94. The first-order valence-electron chi connectivity index (χ1n) is 11.9. The van der Waals surface area contributed by atoms with Crippen molar-refractivity contribution in [2.24, 2.45) is 0 Å². The molecule has 6 nitrogen and oxygen atoms in total. The molecular weight excluding hydrogens is 428 g/mol. The van der Waals surface area contributed by atoms with Crippen molar-refractivity contribution >= 4 is 22.6 Å².